The van der Waals surface area contributed by atoms with Gasteiger partial charge in [0.1, 0.15) is 28.4 Å². The van der Waals surface area contributed by atoms with Gasteiger partial charge in [-0.05, 0) is 94.5 Å². The van der Waals surface area contributed by atoms with E-state index in [1.54, 1.807) is 0 Å². The van der Waals surface area contributed by atoms with Gasteiger partial charge in [0.15, 0.2) is 0 Å². The Balaban J connectivity index is 0.990. The van der Waals surface area contributed by atoms with Gasteiger partial charge in [-0.2, -0.15) is 0 Å². The van der Waals surface area contributed by atoms with Gasteiger partial charge >= 0.3 is 6.92 Å². The molecular formula is C48H28BNO3. The highest BCUT2D eigenvalue weighted by molar-refractivity contribution is 6.84. The lowest BCUT2D eigenvalue weighted by atomic mass is 9.50. The van der Waals surface area contributed by atoms with Crippen molar-refractivity contribution in [3.05, 3.63) is 170 Å². The van der Waals surface area contributed by atoms with E-state index in [2.05, 4.69) is 156 Å². The van der Waals surface area contributed by atoms with Crippen LogP contribution in [0, 0.1) is 0 Å². The average Bonchev–Trinajstić information content (AvgIpc) is 3.76. The molecule has 12 rings (SSSR count). The van der Waals surface area contributed by atoms with E-state index in [0.717, 1.165) is 89.2 Å². The highest BCUT2D eigenvalue weighted by Crippen LogP contribution is 2.43. The van der Waals surface area contributed by atoms with Gasteiger partial charge in [-0.3, -0.25) is 0 Å². The van der Waals surface area contributed by atoms with E-state index in [4.69, 9.17) is 13.8 Å². The van der Waals surface area contributed by atoms with Gasteiger partial charge in [-0.15, -0.1) is 0 Å². The van der Waals surface area contributed by atoms with Crippen LogP contribution in [0.3, 0.4) is 0 Å². The molecule has 0 bridgehead atoms. The minimum atomic E-state index is -0.312. The predicted molar refractivity (Wildman–Crippen MR) is 217 cm³/mol. The Morgan fingerprint density at radius 1 is 0.415 bits per heavy atom. The van der Waals surface area contributed by atoms with Crippen LogP contribution in [-0.4, -0.2) is 11.5 Å². The standard InChI is InChI=1S/C48H28BNO3/c1-5-16-41-34(12-1)35-13-2-6-17-42(35)50(41)33-11-9-10-29(24-33)31-21-23-46-40(27-31)49-48-39(37-15-4-8-19-45(37)53-49)26-32(28-47(48)52-46)30-20-22-44-38(25-30)36-14-3-7-18-43(36)51-44/h1-28H. The van der Waals surface area contributed by atoms with E-state index >= 15 is 0 Å². The molecule has 0 saturated heterocycles. The number of nitrogens with zero attached hydrogens (tertiary/aromatic N) is 1. The number of hydrogen-bond donors (Lipinski definition) is 0. The highest BCUT2D eigenvalue weighted by Gasteiger charge is 2.41. The summed E-state index contributed by atoms with van der Waals surface area (Å²) in [4.78, 5) is 0. The Hall–Kier alpha value is -6.98. The van der Waals surface area contributed by atoms with Crippen LogP contribution in [0.25, 0.3) is 82.8 Å². The Kier molecular flexibility index (Phi) is 5.83. The first-order valence-corrected chi connectivity index (χ1v) is 18.0. The maximum Gasteiger partial charge on any atom is 0.434 e. The summed E-state index contributed by atoms with van der Waals surface area (Å²) in [5, 5.41) is 4.72. The van der Waals surface area contributed by atoms with Crippen LogP contribution < -0.4 is 20.3 Å². The second-order valence-electron chi connectivity index (χ2n) is 14.0. The van der Waals surface area contributed by atoms with E-state index in [1.807, 2.05) is 18.2 Å². The summed E-state index contributed by atoms with van der Waals surface area (Å²) in [5.74, 6) is 2.50. The van der Waals surface area contributed by atoms with Crippen molar-refractivity contribution >= 4 is 61.6 Å². The Labute approximate surface area is 305 Å². The van der Waals surface area contributed by atoms with Gasteiger partial charge < -0.3 is 18.4 Å². The fourth-order valence-corrected chi connectivity index (χ4v) is 8.64. The summed E-state index contributed by atoms with van der Waals surface area (Å²) in [6.45, 7) is -0.312. The van der Waals surface area contributed by atoms with E-state index in [1.165, 1.54) is 21.8 Å². The van der Waals surface area contributed by atoms with Gasteiger partial charge in [-0.25, -0.2) is 0 Å². The van der Waals surface area contributed by atoms with Crippen LogP contribution in [0.2, 0.25) is 0 Å². The van der Waals surface area contributed by atoms with Crippen molar-refractivity contribution in [3.63, 3.8) is 0 Å². The summed E-state index contributed by atoms with van der Waals surface area (Å²) in [6.07, 6.45) is 0. The molecule has 4 heterocycles. The molecule has 0 radical (unpaired) electrons. The number of para-hydroxylation sites is 4. The summed E-state index contributed by atoms with van der Waals surface area (Å²) in [5.41, 5.74) is 14.0. The van der Waals surface area contributed by atoms with Crippen molar-refractivity contribution in [1.29, 1.82) is 0 Å². The van der Waals surface area contributed by atoms with Crippen LogP contribution >= 0.6 is 0 Å². The molecule has 5 heteroatoms. The number of aromatic nitrogens is 1. The van der Waals surface area contributed by atoms with E-state index < -0.39 is 0 Å². The fraction of sp³-hybridized carbons (Fsp3) is 0. The average molecular weight is 678 g/mol. The van der Waals surface area contributed by atoms with Gasteiger partial charge in [0, 0.05) is 43.7 Å². The molecule has 246 valence electrons. The molecular weight excluding hydrogens is 649 g/mol. The summed E-state index contributed by atoms with van der Waals surface area (Å²) in [6, 6.07) is 60.0. The zero-order valence-corrected chi connectivity index (χ0v) is 28.4. The van der Waals surface area contributed by atoms with Gasteiger partial charge in [-0.1, -0.05) is 103 Å². The van der Waals surface area contributed by atoms with Crippen LogP contribution in [-0.2, 0) is 0 Å². The Morgan fingerprint density at radius 2 is 1.11 bits per heavy atom. The highest BCUT2D eigenvalue weighted by atomic mass is 16.5. The molecule has 0 aliphatic carbocycles. The molecule has 0 unspecified atom stereocenters. The predicted octanol–water partition coefficient (Wildman–Crippen LogP) is 11.3. The van der Waals surface area contributed by atoms with Crippen LogP contribution in [0.15, 0.2) is 174 Å². The van der Waals surface area contributed by atoms with E-state index in [0.29, 0.717) is 0 Å². The number of ether oxygens (including phenoxy) is 1. The molecule has 10 aromatic rings. The quantitative estimate of drug-likeness (QED) is 0.175. The first-order chi connectivity index (χ1) is 26.2. The molecule has 0 spiro atoms. The zero-order valence-electron chi connectivity index (χ0n) is 28.4. The summed E-state index contributed by atoms with van der Waals surface area (Å²) in [7, 11) is 0. The second kappa shape index (κ2) is 10.8. The number of furan rings is 1. The molecule has 2 aromatic heterocycles. The number of hydrogen-bond acceptors (Lipinski definition) is 3. The minimum Gasteiger partial charge on any atom is -0.551 e. The molecule has 0 amide bonds. The van der Waals surface area contributed by atoms with E-state index in [9.17, 15) is 0 Å². The third kappa shape index (κ3) is 4.19. The lowest BCUT2D eigenvalue weighted by molar-refractivity contribution is 0.479. The number of rotatable bonds is 3. The molecule has 0 fully saturated rings. The van der Waals surface area contributed by atoms with Crippen LogP contribution in [0.1, 0.15) is 0 Å². The molecule has 4 nitrogen and oxygen atoms in total. The Bertz CT molecular complexity index is 3100. The SMILES string of the molecule is c1cc(-c2ccc3c(c2)B2Oc4ccccc4-c4cc(-c5ccc6oc7ccccc7c6c5)cc(c42)O3)cc(-n2c3ccccc3c3ccccc32)c1. The van der Waals surface area contributed by atoms with Gasteiger partial charge in [0.2, 0.25) is 0 Å². The zero-order chi connectivity index (χ0) is 34.6. The molecule has 0 atom stereocenters. The maximum atomic E-state index is 6.88. The van der Waals surface area contributed by atoms with Crippen LogP contribution in [0.4, 0.5) is 0 Å². The minimum absolute atomic E-state index is 0.312. The number of benzene rings is 8. The molecule has 0 saturated carbocycles. The van der Waals surface area contributed by atoms with Crippen molar-refractivity contribution in [3.8, 4) is 56.3 Å². The molecule has 2 aliphatic heterocycles. The first kappa shape index (κ1) is 28.7. The molecule has 0 N–H and O–H groups in total. The lowest BCUT2D eigenvalue weighted by Crippen LogP contribution is -2.53. The summed E-state index contributed by atoms with van der Waals surface area (Å²) < 4.78 is 22.2. The lowest BCUT2D eigenvalue weighted by Gasteiger charge is -2.33. The Morgan fingerprint density at radius 3 is 1.98 bits per heavy atom. The smallest absolute Gasteiger partial charge is 0.434 e. The van der Waals surface area contributed by atoms with Crippen molar-refractivity contribution < 1.29 is 13.8 Å². The van der Waals surface area contributed by atoms with Crippen LogP contribution in [0.5, 0.6) is 17.2 Å². The largest absolute Gasteiger partial charge is 0.551 e. The third-order valence-electron chi connectivity index (χ3n) is 11.1. The topological polar surface area (TPSA) is 36.5 Å². The summed E-state index contributed by atoms with van der Waals surface area (Å²) >= 11 is 0. The first-order valence-electron chi connectivity index (χ1n) is 18.0. The van der Waals surface area contributed by atoms with Crippen molar-refractivity contribution in [2.45, 2.75) is 0 Å². The van der Waals surface area contributed by atoms with E-state index in [-0.39, 0.29) is 6.92 Å². The van der Waals surface area contributed by atoms with Gasteiger partial charge in [0.25, 0.3) is 0 Å². The van der Waals surface area contributed by atoms with Crippen molar-refractivity contribution in [1.82, 2.24) is 4.57 Å². The molecule has 2 aliphatic rings. The third-order valence-corrected chi connectivity index (χ3v) is 11.1. The molecule has 53 heavy (non-hydrogen) atoms. The fourth-order valence-electron chi connectivity index (χ4n) is 8.64. The normalized spacial score (nSPS) is 12.8. The maximum absolute atomic E-state index is 6.88. The van der Waals surface area contributed by atoms with Gasteiger partial charge in [0.05, 0.1) is 11.0 Å². The van der Waals surface area contributed by atoms with Crippen molar-refractivity contribution in [2.24, 2.45) is 0 Å². The number of fused-ring (bicyclic) bond motifs is 10. The monoisotopic (exact) mass is 677 g/mol. The molecule has 8 aromatic carbocycles. The van der Waals surface area contributed by atoms with Crippen molar-refractivity contribution in [2.75, 3.05) is 0 Å². The second-order valence-corrected chi connectivity index (χ2v) is 14.0.